The van der Waals surface area contributed by atoms with Crippen molar-refractivity contribution in [1.82, 2.24) is 0 Å². The van der Waals surface area contributed by atoms with Gasteiger partial charge in [0.1, 0.15) is 0 Å². The summed E-state index contributed by atoms with van der Waals surface area (Å²) >= 11 is 0. The molecule has 0 saturated carbocycles. The number of ether oxygens (including phenoxy) is 15. The van der Waals surface area contributed by atoms with E-state index in [1.54, 1.807) is 57.7 Å². The molecule has 3 aliphatic carbocycles. The summed E-state index contributed by atoms with van der Waals surface area (Å²) in [5.41, 5.74) is 12.3. The summed E-state index contributed by atoms with van der Waals surface area (Å²) in [7, 11) is 4.83. The zero-order chi connectivity index (χ0) is 99.8. The van der Waals surface area contributed by atoms with Crippen molar-refractivity contribution in [2.24, 2.45) is 0 Å². The Balaban J connectivity index is 1.09. The van der Waals surface area contributed by atoms with Crippen molar-refractivity contribution in [3.8, 4) is 120 Å². The lowest BCUT2D eigenvalue weighted by Crippen LogP contribution is -2.12. The van der Waals surface area contributed by atoms with Crippen LogP contribution in [0.1, 0.15) is 473 Å². The Hall–Kier alpha value is -9.45. The molecule has 18 heteroatoms. The highest BCUT2D eigenvalue weighted by Crippen LogP contribution is 2.60. The molecule has 0 fully saturated rings. The van der Waals surface area contributed by atoms with Gasteiger partial charge < -0.3 is 71.1 Å². The van der Waals surface area contributed by atoms with Crippen molar-refractivity contribution in [1.29, 1.82) is 0 Å². The third-order valence-corrected chi connectivity index (χ3v) is 28.0. The Morgan fingerprint density at radius 1 is 0.191 bits per heavy atom. The van der Waals surface area contributed by atoms with E-state index >= 15 is 14.4 Å². The van der Waals surface area contributed by atoms with Crippen LogP contribution in [0.4, 0.5) is 0 Å². The fourth-order valence-corrected chi connectivity index (χ4v) is 19.8. The van der Waals surface area contributed by atoms with E-state index in [1.807, 2.05) is 36.4 Å². The number of unbranched alkanes of at least 4 members (excludes halogenated alkanes) is 45. The van der Waals surface area contributed by atoms with Crippen LogP contribution in [-0.2, 0) is 19.3 Å². The Bertz CT molecular complexity index is 4240. The molecule has 10 rings (SSSR count). The van der Waals surface area contributed by atoms with Crippen LogP contribution < -0.4 is 71.1 Å². The fourth-order valence-electron chi connectivity index (χ4n) is 19.8. The minimum absolute atomic E-state index is 0.232. The number of carbonyl (C=O) groups excluding carboxylic acids is 3. The summed E-state index contributed by atoms with van der Waals surface area (Å²) in [5.74, 6) is 4.24. The molecular formula is C123H180O18. The smallest absolute Gasteiger partial charge is 0.343 e. The number of fused-ring (bicyclic) bond motifs is 12. The molecule has 0 bridgehead atoms. The number of esters is 3. The largest absolute Gasteiger partial charge is 0.493 e. The van der Waals surface area contributed by atoms with Gasteiger partial charge in [0.05, 0.1) is 97.5 Å². The van der Waals surface area contributed by atoms with Gasteiger partial charge in [-0.1, -0.05) is 351 Å². The van der Waals surface area contributed by atoms with Crippen LogP contribution in [0.2, 0.25) is 0 Å². The van der Waals surface area contributed by atoms with Gasteiger partial charge in [0, 0.05) is 0 Å². The predicted molar refractivity (Wildman–Crippen MR) is 575 cm³/mol. The van der Waals surface area contributed by atoms with Crippen molar-refractivity contribution in [2.45, 2.75) is 428 Å². The maximum absolute atomic E-state index is 15.6. The van der Waals surface area contributed by atoms with E-state index in [-0.39, 0.29) is 33.9 Å². The van der Waals surface area contributed by atoms with Crippen LogP contribution in [0, 0.1) is 0 Å². The van der Waals surface area contributed by atoms with Gasteiger partial charge in [0.15, 0.2) is 69.0 Å². The topological polar surface area (TPSA) is 190 Å². The molecule has 3 aliphatic rings. The van der Waals surface area contributed by atoms with Crippen LogP contribution in [-0.4, -0.2) is 98.7 Å². The van der Waals surface area contributed by atoms with Crippen molar-refractivity contribution in [3.05, 3.63) is 123 Å². The number of methoxy groups -OCH3 is 3. The van der Waals surface area contributed by atoms with Gasteiger partial charge in [-0.25, -0.2) is 14.4 Å². The fraction of sp³-hybridized carbons (Fsp3) is 0.634. The summed E-state index contributed by atoms with van der Waals surface area (Å²) < 4.78 is 100. The van der Waals surface area contributed by atoms with Crippen molar-refractivity contribution >= 4 is 17.9 Å². The maximum atomic E-state index is 15.6. The molecule has 0 unspecified atom stereocenters. The molecule has 0 amide bonds. The maximum Gasteiger partial charge on any atom is 0.343 e. The van der Waals surface area contributed by atoms with Crippen LogP contribution in [0.15, 0.2) is 72.8 Å². The van der Waals surface area contributed by atoms with E-state index in [1.165, 1.54) is 173 Å². The molecule has 780 valence electrons. The lowest BCUT2D eigenvalue weighted by molar-refractivity contribution is 0.0719. The summed E-state index contributed by atoms with van der Waals surface area (Å²) in [6.45, 7) is 24.2. The minimum atomic E-state index is -0.614. The number of hydrogen-bond acceptors (Lipinski definition) is 18. The summed E-state index contributed by atoms with van der Waals surface area (Å²) in [4.78, 5) is 46.8. The molecule has 141 heavy (non-hydrogen) atoms. The molecular weight excluding hydrogens is 1770 g/mol. The van der Waals surface area contributed by atoms with Gasteiger partial charge in [-0.15, -0.1) is 0 Å². The first-order chi connectivity index (χ1) is 69.3. The third-order valence-electron chi connectivity index (χ3n) is 28.0. The van der Waals surface area contributed by atoms with Crippen LogP contribution in [0.5, 0.6) is 86.2 Å². The molecule has 0 saturated heterocycles. The van der Waals surface area contributed by atoms with Gasteiger partial charge in [0.2, 0.25) is 17.2 Å². The average Bonchev–Trinajstić information content (AvgIpc) is 1.53. The van der Waals surface area contributed by atoms with E-state index in [0.717, 1.165) is 240 Å². The van der Waals surface area contributed by atoms with Crippen molar-refractivity contribution < 1.29 is 85.4 Å². The van der Waals surface area contributed by atoms with Gasteiger partial charge in [-0.3, -0.25) is 0 Å². The highest BCUT2D eigenvalue weighted by atomic mass is 16.6. The summed E-state index contributed by atoms with van der Waals surface area (Å²) in [6.07, 6.45) is 60.6. The van der Waals surface area contributed by atoms with E-state index in [0.29, 0.717) is 148 Å². The zero-order valence-corrected chi connectivity index (χ0v) is 89.4. The molecule has 7 aromatic rings. The highest BCUT2D eigenvalue weighted by molar-refractivity contribution is 6.03. The molecule has 0 radical (unpaired) electrons. The van der Waals surface area contributed by atoms with Crippen molar-refractivity contribution in [3.63, 3.8) is 0 Å². The number of rotatable bonds is 81. The summed E-state index contributed by atoms with van der Waals surface area (Å²) in [5, 5.41) is 0. The van der Waals surface area contributed by atoms with Gasteiger partial charge in [0.25, 0.3) is 0 Å². The normalized spacial score (nSPS) is 11.9. The molecule has 18 nitrogen and oxygen atoms in total. The Morgan fingerprint density at radius 2 is 0.355 bits per heavy atom. The Morgan fingerprint density at radius 3 is 0.525 bits per heavy atom. The number of hydrogen-bond donors (Lipinski definition) is 0. The van der Waals surface area contributed by atoms with E-state index in [9.17, 15) is 0 Å². The molecule has 7 aromatic carbocycles. The van der Waals surface area contributed by atoms with Crippen molar-refractivity contribution in [2.75, 3.05) is 80.8 Å². The molecule has 0 N–H and O–H groups in total. The lowest BCUT2D eigenvalue weighted by atomic mass is 9.86. The average molecular weight is 1950 g/mol. The highest BCUT2D eigenvalue weighted by Gasteiger charge is 2.41. The SMILES string of the molecule is CCCCCCCCOc1cc(C(=O)Oc2cc3c(cc2OC)Cc2c-3c3c(c4c2-c2cc(OC(=O)c5cc(OCCCCCCCC)c(OCCCCCCCC)c(OCCCCCCCC)c5)c(OC)cc2C4)-c2cc(OC(=O)c4cc(OCCCCCCCC)c(OCCCCCCCC)c(OCCCCCCCC)c4)c(OC)cc2C3)cc(OCCCCCCCC)c1OCCCCCCCC. The Labute approximate surface area is 850 Å². The second-order valence-electron chi connectivity index (χ2n) is 39.7. The van der Waals surface area contributed by atoms with Crippen LogP contribution in [0.3, 0.4) is 0 Å². The quantitative estimate of drug-likeness (QED) is 0.0198. The lowest BCUT2D eigenvalue weighted by Gasteiger charge is -2.19. The molecule has 0 aliphatic heterocycles. The minimum Gasteiger partial charge on any atom is -0.493 e. The standard InChI is InChI=1S/C123H180O18/c1-13-22-31-40-49-58-67-130-109-82-94(83-110(131-68-59-50-41-32-23-14-2)118(109)136-73-64-55-46-37-28-19-7)121(124)139-106-88-97-91(79-103(106)127-10)76-100-115(97)101-77-92-80-104(128-11)107(140-122(125)95-84-111(132-69-60-51-42-33-24-15-3)119(137-74-65-56-47-38-29-20-8)112(85-95)133-70-61-52-43-34-25-16-4)89-98(92)117(101)102-78-93-81-105(129-12)108(90-99(93)116(100)102)141-123(126)96-86-113(134-71-62-53-44-35-26-17-5)120(138-75-66-57-48-39-30-21-9)114(87-96)135-72-63-54-45-36-27-18-6/h79-90H,13-78H2,1-12H3. The van der Waals surface area contributed by atoms with Gasteiger partial charge in [-0.2, -0.15) is 0 Å². The zero-order valence-electron chi connectivity index (χ0n) is 89.4. The number of carbonyl (C=O) groups is 3. The first-order valence-electron chi connectivity index (χ1n) is 56.5. The predicted octanol–water partition coefficient (Wildman–Crippen LogP) is 34.7. The van der Waals surface area contributed by atoms with E-state index in [2.05, 4.69) is 62.3 Å². The van der Waals surface area contributed by atoms with Gasteiger partial charge in [-0.05, 0) is 217 Å². The summed E-state index contributed by atoms with van der Waals surface area (Å²) in [6, 6.07) is 22.5. The first-order valence-corrected chi connectivity index (χ1v) is 56.5. The van der Waals surface area contributed by atoms with E-state index in [4.69, 9.17) is 71.1 Å². The monoisotopic (exact) mass is 1950 g/mol. The van der Waals surface area contributed by atoms with Crippen LogP contribution in [0.25, 0.3) is 33.4 Å². The first kappa shape index (κ1) is 113. The second kappa shape index (κ2) is 65.7. The van der Waals surface area contributed by atoms with E-state index < -0.39 is 17.9 Å². The second-order valence-corrected chi connectivity index (χ2v) is 39.7. The van der Waals surface area contributed by atoms with Gasteiger partial charge >= 0.3 is 17.9 Å². The number of benzene rings is 7. The third kappa shape index (κ3) is 35.8. The molecule has 0 atom stereocenters. The molecule has 0 spiro atoms. The Kier molecular flexibility index (Phi) is 52.9. The van der Waals surface area contributed by atoms with Crippen LogP contribution >= 0.6 is 0 Å². The molecule has 0 aromatic heterocycles. The molecule has 0 heterocycles.